The van der Waals surface area contributed by atoms with E-state index in [0.717, 1.165) is 31.6 Å². The smallest absolute Gasteiger partial charge is 0.246 e. The molecule has 2 heterocycles. The van der Waals surface area contributed by atoms with Gasteiger partial charge in [-0.3, -0.25) is 9.59 Å². The summed E-state index contributed by atoms with van der Waals surface area (Å²) in [5.74, 6) is 1.77. The Labute approximate surface area is 119 Å². The van der Waals surface area contributed by atoms with Crippen molar-refractivity contribution in [2.75, 3.05) is 25.1 Å². The van der Waals surface area contributed by atoms with Crippen LogP contribution < -0.4 is 0 Å². The van der Waals surface area contributed by atoms with Crippen LogP contribution in [0, 0.1) is 5.92 Å². The number of piperazine rings is 1. The lowest BCUT2D eigenvalue weighted by Gasteiger charge is -2.46. The Bertz CT molecular complexity index is 361. The lowest BCUT2D eigenvalue weighted by atomic mass is 9.95. The number of carbonyl (C=O) groups is 2. The summed E-state index contributed by atoms with van der Waals surface area (Å²) in [6.45, 7) is 5.48. The van der Waals surface area contributed by atoms with Crippen LogP contribution in [0.5, 0.6) is 0 Å². The summed E-state index contributed by atoms with van der Waals surface area (Å²) in [4.78, 5) is 28.6. The molecule has 0 aliphatic carbocycles. The predicted molar refractivity (Wildman–Crippen MR) is 78.1 cm³/mol. The Balaban J connectivity index is 2.10. The van der Waals surface area contributed by atoms with Crippen molar-refractivity contribution < 1.29 is 9.59 Å². The zero-order chi connectivity index (χ0) is 14.0. The largest absolute Gasteiger partial charge is 0.329 e. The van der Waals surface area contributed by atoms with Gasteiger partial charge in [0.2, 0.25) is 11.8 Å². The van der Waals surface area contributed by atoms with E-state index in [0.29, 0.717) is 12.5 Å². The van der Waals surface area contributed by atoms with Crippen molar-refractivity contribution in [2.24, 2.45) is 5.92 Å². The highest BCUT2D eigenvalue weighted by molar-refractivity contribution is 7.98. The van der Waals surface area contributed by atoms with Crippen LogP contribution in [0.2, 0.25) is 0 Å². The molecule has 0 bridgehead atoms. The maximum Gasteiger partial charge on any atom is 0.246 e. The molecule has 2 fully saturated rings. The second-order valence-electron chi connectivity index (χ2n) is 5.77. The highest BCUT2D eigenvalue weighted by Crippen LogP contribution is 2.27. The van der Waals surface area contributed by atoms with Crippen LogP contribution in [0.15, 0.2) is 0 Å². The molecule has 19 heavy (non-hydrogen) atoms. The van der Waals surface area contributed by atoms with E-state index in [4.69, 9.17) is 0 Å². The first-order valence-electron chi connectivity index (χ1n) is 7.16. The molecule has 108 valence electrons. The van der Waals surface area contributed by atoms with Gasteiger partial charge >= 0.3 is 0 Å². The third-order valence-electron chi connectivity index (χ3n) is 4.14. The predicted octanol–water partition coefficient (Wildman–Crippen LogP) is 1.60. The van der Waals surface area contributed by atoms with Gasteiger partial charge in [0, 0.05) is 13.1 Å². The first-order chi connectivity index (χ1) is 9.06. The SMILES string of the molecule is CSCC(C)CN1C(=O)C2CCCCN2C(=O)C1C. The molecule has 0 aromatic heterocycles. The van der Waals surface area contributed by atoms with Crippen molar-refractivity contribution >= 4 is 23.6 Å². The minimum absolute atomic E-state index is 0.139. The molecular weight excluding hydrogens is 260 g/mol. The first kappa shape index (κ1) is 14.7. The fourth-order valence-electron chi connectivity index (χ4n) is 3.13. The zero-order valence-electron chi connectivity index (χ0n) is 12.1. The lowest BCUT2D eigenvalue weighted by Crippen LogP contribution is -2.65. The molecule has 2 rings (SSSR count). The normalized spacial score (nSPS) is 29.4. The second-order valence-corrected chi connectivity index (χ2v) is 6.68. The average molecular weight is 284 g/mol. The number of rotatable bonds is 4. The molecule has 0 aromatic carbocycles. The van der Waals surface area contributed by atoms with Crippen molar-refractivity contribution in [3.8, 4) is 0 Å². The summed E-state index contributed by atoms with van der Waals surface area (Å²) in [6, 6.07) is -0.468. The minimum Gasteiger partial charge on any atom is -0.329 e. The molecule has 2 amide bonds. The molecule has 0 N–H and O–H groups in total. The van der Waals surface area contributed by atoms with Gasteiger partial charge in [-0.25, -0.2) is 0 Å². The average Bonchev–Trinajstić information content (AvgIpc) is 2.41. The quantitative estimate of drug-likeness (QED) is 0.787. The molecule has 0 saturated carbocycles. The topological polar surface area (TPSA) is 40.6 Å². The molecule has 0 spiro atoms. The molecule has 4 nitrogen and oxygen atoms in total. The Hall–Kier alpha value is -0.710. The van der Waals surface area contributed by atoms with Gasteiger partial charge in [0.25, 0.3) is 0 Å². The van der Waals surface area contributed by atoms with Gasteiger partial charge in [-0.05, 0) is 44.1 Å². The first-order valence-corrected chi connectivity index (χ1v) is 8.55. The van der Waals surface area contributed by atoms with Crippen molar-refractivity contribution in [1.82, 2.24) is 9.80 Å². The summed E-state index contributed by atoms with van der Waals surface area (Å²) in [6.07, 6.45) is 5.00. The summed E-state index contributed by atoms with van der Waals surface area (Å²) < 4.78 is 0. The lowest BCUT2D eigenvalue weighted by molar-refractivity contribution is -0.163. The molecule has 2 saturated heterocycles. The Morgan fingerprint density at radius 1 is 1.32 bits per heavy atom. The Morgan fingerprint density at radius 3 is 2.74 bits per heavy atom. The summed E-state index contributed by atoms with van der Waals surface area (Å²) in [5.41, 5.74) is 0. The fourth-order valence-corrected chi connectivity index (χ4v) is 3.80. The third kappa shape index (κ3) is 2.91. The van der Waals surface area contributed by atoms with Crippen molar-refractivity contribution in [3.05, 3.63) is 0 Å². The third-order valence-corrected chi connectivity index (χ3v) is 5.04. The van der Waals surface area contributed by atoms with E-state index in [2.05, 4.69) is 13.2 Å². The van der Waals surface area contributed by atoms with Crippen LogP contribution in [0.4, 0.5) is 0 Å². The van der Waals surface area contributed by atoms with Crippen molar-refractivity contribution in [2.45, 2.75) is 45.2 Å². The second kappa shape index (κ2) is 6.16. The van der Waals surface area contributed by atoms with Crippen molar-refractivity contribution in [3.63, 3.8) is 0 Å². The highest BCUT2D eigenvalue weighted by Gasteiger charge is 2.44. The number of fused-ring (bicyclic) bond motifs is 1. The van der Waals surface area contributed by atoms with Gasteiger partial charge < -0.3 is 9.80 Å². The van der Waals surface area contributed by atoms with E-state index < -0.39 is 0 Å². The Kier molecular flexibility index (Phi) is 4.76. The molecule has 3 unspecified atom stereocenters. The summed E-state index contributed by atoms with van der Waals surface area (Å²) in [7, 11) is 0. The molecule has 0 radical (unpaired) electrons. The molecule has 2 aliphatic rings. The number of thioether (sulfide) groups is 1. The van der Waals surface area contributed by atoms with Gasteiger partial charge in [0.15, 0.2) is 0 Å². The van der Waals surface area contributed by atoms with Crippen LogP contribution in [-0.2, 0) is 9.59 Å². The number of amides is 2. The Morgan fingerprint density at radius 2 is 2.05 bits per heavy atom. The summed E-state index contributed by atoms with van der Waals surface area (Å²) in [5, 5.41) is 0. The van der Waals surface area contributed by atoms with Crippen LogP contribution in [0.3, 0.4) is 0 Å². The highest BCUT2D eigenvalue weighted by atomic mass is 32.2. The van der Waals surface area contributed by atoms with E-state index in [1.54, 1.807) is 11.8 Å². The van der Waals surface area contributed by atoms with Gasteiger partial charge in [-0.1, -0.05) is 6.92 Å². The van der Waals surface area contributed by atoms with Crippen LogP contribution >= 0.6 is 11.8 Å². The minimum atomic E-state index is -0.286. The van der Waals surface area contributed by atoms with E-state index in [9.17, 15) is 9.59 Å². The van der Waals surface area contributed by atoms with E-state index in [1.807, 2.05) is 16.7 Å². The van der Waals surface area contributed by atoms with E-state index >= 15 is 0 Å². The zero-order valence-corrected chi connectivity index (χ0v) is 12.9. The van der Waals surface area contributed by atoms with Crippen LogP contribution in [-0.4, -0.2) is 58.8 Å². The molecule has 0 aromatic rings. The van der Waals surface area contributed by atoms with Crippen LogP contribution in [0.1, 0.15) is 33.1 Å². The van der Waals surface area contributed by atoms with Crippen LogP contribution in [0.25, 0.3) is 0 Å². The van der Waals surface area contributed by atoms with Gasteiger partial charge in [0.05, 0.1) is 0 Å². The maximum atomic E-state index is 12.6. The number of nitrogens with zero attached hydrogens (tertiary/aromatic N) is 2. The number of hydrogen-bond acceptors (Lipinski definition) is 3. The molecular formula is C14H24N2O2S. The van der Waals surface area contributed by atoms with Crippen molar-refractivity contribution in [1.29, 1.82) is 0 Å². The molecule has 5 heteroatoms. The maximum absolute atomic E-state index is 12.6. The summed E-state index contributed by atoms with van der Waals surface area (Å²) >= 11 is 1.79. The molecule has 2 aliphatic heterocycles. The number of piperidine rings is 1. The van der Waals surface area contributed by atoms with E-state index in [-0.39, 0.29) is 23.9 Å². The number of carbonyl (C=O) groups excluding carboxylic acids is 2. The van der Waals surface area contributed by atoms with Gasteiger partial charge in [-0.2, -0.15) is 11.8 Å². The monoisotopic (exact) mass is 284 g/mol. The van der Waals surface area contributed by atoms with Gasteiger partial charge in [-0.15, -0.1) is 0 Å². The standard InChI is InChI=1S/C14H24N2O2S/c1-10(9-19-3)8-16-11(2)13(17)15-7-5-4-6-12(15)14(16)18/h10-12H,4-9H2,1-3H3. The van der Waals surface area contributed by atoms with Gasteiger partial charge in [0.1, 0.15) is 12.1 Å². The number of hydrogen-bond donors (Lipinski definition) is 0. The van der Waals surface area contributed by atoms with E-state index in [1.165, 1.54) is 0 Å². The molecule has 3 atom stereocenters. The fraction of sp³-hybridized carbons (Fsp3) is 0.857.